The largest absolute Gasteiger partial charge is 0.454 e. The van der Waals surface area contributed by atoms with E-state index in [9.17, 15) is 13.2 Å². The Morgan fingerprint density at radius 2 is 1.73 bits per heavy atom. The van der Waals surface area contributed by atoms with Crippen molar-refractivity contribution in [1.29, 1.82) is 0 Å². The molecule has 7 nitrogen and oxygen atoms in total. The molecule has 8 heteroatoms. The first-order chi connectivity index (χ1) is 14.1. The molecule has 2 aromatic rings. The van der Waals surface area contributed by atoms with Crippen molar-refractivity contribution in [3.05, 3.63) is 52.6 Å². The van der Waals surface area contributed by atoms with Crippen LogP contribution in [0.5, 0.6) is 11.5 Å². The number of benzene rings is 2. The SMILES string of the molecule is CCS(=O)(=O)N(CC(=O)NC(C)c1cc(C)c(C)cc1C)c1ccc2c(c1)OCO2. The van der Waals surface area contributed by atoms with Crippen molar-refractivity contribution in [3.8, 4) is 11.5 Å². The van der Waals surface area contributed by atoms with Crippen molar-refractivity contribution in [3.63, 3.8) is 0 Å². The Bertz CT molecular complexity index is 1070. The number of nitrogens with one attached hydrogen (secondary N) is 1. The van der Waals surface area contributed by atoms with Crippen molar-refractivity contribution in [2.45, 2.75) is 40.7 Å². The van der Waals surface area contributed by atoms with Gasteiger partial charge >= 0.3 is 0 Å². The van der Waals surface area contributed by atoms with E-state index in [1.807, 2.05) is 27.7 Å². The topological polar surface area (TPSA) is 84.9 Å². The third kappa shape index (κ3) is 4.53. The lowest BCUT2D eigenvalue weighted by Crippen LogP contribution is -2.42. The summed E-state index contributed by atoms with van der Waals surface area (Å²) in [6.07, 6.45) is 0. The van der Waals surface area contributed by atoms with E-state index < -0.39 is 10.0 Å². The number of anilines is 1. The molecule has 3 rings (SSSR count). The third-order valence-electron chi connectivity index (χ3n) is 5.36. The Balaban J connectivity index is 1.81. The molecule has 1 amide bonds. The molecule has 1 heterocycles. The fourth-order valence-electron chi connectivity index (χ4n) is 3.49. The summed E-state index contributed by atoms with van der Waals surface area (Å²) in [6.45, 7) is 9.31. The number of fused-ring (bicyclic) bond motifs is 1. The summed E-state index contributed by atoms with van der Waals surface area (Å²) in [6, 6.07) is 8.75. The van der Waals surface area contributed by atoms with E-state index in [1.165, 1.54) is 5.56 Å². The number of hydrogen-bond acceptors (Lipinski definition) is 5. The lowest BCUT2D eigenvalue weighted by atomic mass is 9.96. The molecule has 0 spiro atoms. The number of rotatable bonds is 7. The lowest BCUT2D eigenvalue weighted by Gasteiger charge is -2.25. The molecule has 0 saturated carbocycles. The van der Waals surface area contributed by atoms with Gasteiger partial charge in [0.15, 0.2) is 11.5 Å². The first kappa shape index (κ1) is 22.0. The molecule has 0 aromatic heterocycles. The molecule has 1 N–H and O–H groups in total. The molecular formula is C22H28N2O5S. The Hall–Kier alpha value is -2.74. The van der Waals surface area contributed by atoms with Crippen LogP contribution >= 0.6 is 0 Å². The highest BCUT2D eigenvalue weighted by Crippen LogP contribution is 2.36. The molecule has 2 aromatic carbocycles. The van der Waals surface area contributed by atoms with Crippen LogP contribution in [-0.2, 0) is 14.8 Å². The summed E-state index contributed by atoms with van der Waals surface area (Å²) in [4.78, 5) is 12.8. The number of sulfonamides is 1. The molecule has 1 aliphatic rings. The highest BCUT2D eigenvalue weighted by molar-refractivity contribution is 7.92. The monoisotopic (exact) mass is 432 g/mol. The fraction of sp³-hybridized carbons (Fsp3) is 0.409. The Morgan fingerprint density at radius 3 is 2.43 bits per heavy atom. The minimum absolute atomic E-state index is 0.0899. The van der Waals surface area contributed by atoms with Crippen LogP contribution in [0.25, 0.3) is 0 Å². The molecule has 1 atom stereocenters. The van der Waals surface area contributed by atoms with Gasteiger partial charge in [-0.3, -0.25) is 9.10 Å². The number of ether oxygens (including phenoxy) is 2. The molecule has 30 heavy (non-hydrogen) atoms. The van der Waals surface area contributed by atoms with Gasteiger partial charge in [-0.2, -0.15) is 0 Å². The molecule has 0 bridgehead atoms. The lowest BCUT2D eigenvalue weighted by molar-refractivity contribution is -0.120. The van der Waals surface area contributed by atoms with Crippen molar-refractivity contribution in [2.24, 2.45) is 0 Å². The Labute approximate surface area is 178 Å². The maximum Gasteiger partial charge on any atom is 0.241 e. The number of carbonyl (C=O) groups is 1. The van der Waals surface area contributed by atoms with Crippen LogP contribution in [0.3, 0.4) is 0 Å². The molecule has 162 valence electrons. The summed E-state index contributed by atoms with van der Waals surface area (Å²) in [5.41, 5.74) is 4.80. The van der Waals surface area contributed by atoms with Crippen LogP contribution in [0.1, 0.15) is 42.1 Å². The van der Waals surface area contributed by atoms with Gasteiger partial charge in [-0.25, -0.2) is 8.42 Å². The maximum absolute atomic E-state index is 12.8. The van der Waals surface area contributed by atoms with E-state index in [2.05, 4.69) is 17.4 Å². The average Bonchev–Trinajstić information content (AvgIpc) is 3.16. The van der Waals surface area contributed by atoms with Gasteiger partial charge in [-0.05, 0) is 69.0 Å². The number of carbonyl (C=O) groups excluding carboxylic acids is 1. The average molecular weight is 433 g/mol. The van der Waals surface area contributed by atoms with Crippen LogP contribution in [0.2, 0.25) is 0 Å². The van der Waals surface area contributed by atoms with Crippen LogP contribution in [0.4, 0.5) is 5.69 Å². The van der Waals surface area contributed by atoms with Crippen molar-refractivity contribution >= 4 is 21.6 Å². The second kappa shape index (κ2) is 8.55. The van der Waals surface area contributed by atoms with E-state index in [-0.39, 0.29) is 31.0 Å². The van der Waals surface area contributed by atoms with Gasteiger partial charge in [-0.1, -0.05) is 12.1 Å². The van der Waals surface area contributed by atoms with Crippen LogP contribution in [-0.4, -0.2) is 33.4 Å². The Kier molecular flexibility index (Phi) is 6.26. The summed E-state index contributed by atoms with van der Waals surface area (Å²) in [7, 11) is -3.67. The predicted molar refractivity (Wildman–Crippen MR) is 117 cm³/mol. The van der Waals surface area contributed by atoms with Gasteiger partial charge < -0.3 is 14.8 Å². The number of amides is 1. The van der Waals surface area contributed by atoms with E-state index in [0.29, 0.717) is 17.2 Å². The van der Waals surface area contributed by atoms with E-state index in [4.69, 9.17) is 9.47 Å². The van der Waals surface area contributed by atoms with Crippen molar-refractivity contribution < 1.29 is 22.7 Å². The molecule has 1 unspecified atom stereocenters. The summed E-state index contributed by atoms with van der Waals surface area (Å²) in [5, 5.41) is 2.93. The summed E-state index contributed by atoms with van der Waals surface area (Å²) in [5.74, 6) is 0.509. The molecule has 1 aliphatic heterocycles. The number of hydrogen-bond donors (Lipinski definition) is 1. The third-order valence-corrected chi connectivity index (χ3v) is 7.10. The standard InChI is InChI=1S/C22H28N2O5S/c1-6-30(26,27)24(18-7-8-20-21(11-18)29-13-28-20)12-22(25)23-17(5)19-10-15(3)14(2)9-16(19)4/h7-11,17H,6,12-13H2,1-5H3,(H,23,25). The van der Waals surface area contributed by atoms with Crippen molar-refractivity contribution in [1.82, 2.24) is 5.32 Å². The number of aryl methyl sites for hydroxylation is 3. The molecule has 0 fully saturated rings. The minimum atomic E-state index is -3.67. The van der Waals surface area contributed by atoms with Gasteiger partial charge in [0, 0.05) is 6.07 Å². The van der Waals surface area contributed by atoms with Gasteiger partial charge in [0.1, 0.15) is 6.54 Å². The highest BCUT2D eigenvalue weighted by Gasteiger charge is 2.26. The zero-order valence-electron chi connectivity index (χ0n) is 18.0. The normalized spacial score (nSPS) is 13.8. The van der Waals surface area contributed by atoms with Gasteiger partial charge in [0.25, 0.3) is 0 Å². The minimum Gasteiger partial charge on any atom is -0.454 e. The summed E-state index contributed by atoms with van der Waals surface area (Å²) < 4.78 is 37.2. The predicted octanol–water partition coefficient (Wildman–Crippen LogP) is 3.37. The van der Waals surface area contributed by atoms with E-state index in [1.54, 1.807) is 25.1 Å². The maximum atomic E-state index is 12.8. The Morgan fingerprint density at radius 1 is 1.07 bits per heavy atom. The quantitative estimate of drug-likeness (QED) is 0.725. The van der Waals surface area contributed by atoms with Gasteiger partial charge in [-0.15, -0.1) is 0 Å². The smallest absolute Gasteiger partial charge is 0.241 e. The van der Waals surface area contributed by atoms with Gasteiger partial charge in [0.05, 0.1) is 17.5 Å². The fourth-order valence-corrected chi connectivity index (χ4v) is 4.55. The van der Waals surface area contributed by atoms with Crippen LogP contribution in [0.15, 0.2) is 30.3 Å². The second-order valence-corrected chi connectivity index (χ2v) is 9.71. The molecule has 0 aliphatic carbocycles. The highest BCUT2D eigenvalue weighted by atomic mass is 32.2. The second-order valence-electron chi connectivity index (χ2n) is 7.53. The zero-order valence-corrected chi connectivity index (χ0v) is 18.8. The number of nitrogens with zero attached hydrogens (tertiary/aromatic N) is 1. The first-order valence-corrected chi connectivity index (χ1v) is 11.5. The van der Waals surface area contributed by atoms with Crippen LogP contribution in [0, 0.1) is 20.8 Å². The molecular weight excluding hydrogens is 404 g/mol. The van der Waals surface area contributed by atoms with E-state index in [0.717, 1.165) is 21.0 Å². The van der Waals surface area contributed by atoms with Crippen LogP contribution < -0.4 is 19.1 Å². The van der Waals surface area contributed by atoms with E-state index >= 15 is 0 Å². The first-order valence-electron chi connectivity index (χ1n) is 9.89. The molecule has 0 radical (unpaired) electrons. The van der Waals surface area contributed by atoms with Crippen molar-refractivity contribution in [2.75, 3.05) is 23.4 Å². The summed E-state index contributed by atoms with van der Waals surface area (Å²) >= 11 is 0. The zero-order chi connectivity index (χ0) is 22.1. The van der Waals surface area contributed by atoms with Gasteiger partial charge in [0.2, 0.25) is 22.7 Å². The molecule has 0 saturated heterocycles.